The molecule has 0 bridgehead atoms. The lowest BCUT2D eigenvalue weighted by atomic mass is 9.79. The molecule has 3 aliphatic rings. The normalized spacial score (nSPS) is 24.6. The number of carbonyl (C=O) groups excluding carboxylic acids is 1. The quantitative estimate of drug-likeness (QED) is 0.363. The third-order valence-corrected chi connectivity index (χ3v) is 7.62. The summed E-state index contributed by atoms with van der Waals surface area (Å²) in [6.45, 7) is 7.53. The van der Waals surface area contributed by atoms with E-state index in [0.717, 1.165) is 57.3 Å². The van der Waals surface area contributed by atoms with Gasteiger partial charge in [-0.15, -0.1) is 0 Å². The van der Waals surface area contributed by atoms with Crippen molar-refractivity contribution < 1.29 is 29.7 Å². The third kappa shape index (κ3) is 7.17. The number of likely N-dealkylation sites (tertiary alicyclic amines) is 1. The molecule has 0 spiro atoms. The Morgan fingerprint density at radius 1 is 1.00 bits per heavy atom. The van der Waals surface area contributed by atoms with Crippen LogP contribution in [0.3, 0.4) is 0 Å². The van der Waals surface area contributed by atoms with Gasteiger partial charge in [0.2, 0.25) is 0 Å². The lowest BCUT2D eigenvalue weighted by molar-refractivity contribution is -0.147. The number of rotatable bonds is 10. The van der Waals surface area contributed by atoms with Gasteiger partial charge in [0, 0.05) is 31.6 Å². The summed E-state index contributed by atoms with van der Waals surface area (Å²) in [4.78, 5) is 35.1. The predicted molar refractivity (Wildman–Crippen MR) is 136 cm³/mol. The van der Waals surface area contributed by atoms with Gasteiger partial charge in [-0.2, -0.15) is 0 Å². The van der Waals surface area contributed by atoms with E-state index in [1.165, 1.54) is 5.57 Å². The number of piperidine rings is 1. The largest absolute Gasteiger partial charge is 0.481 e. The number of nitrogens with zero attached hydrogens (tertiary/aromatic N) is 1. The molecule has 0 radical (unpaired) electrons. The molecule has 4 rings (SSSR count). The maximum Gasteiger partial charge on any atom is 0.303 e. The number of amides is 1. The molecule has 2 saturated carbocycles. The second-order valence-electron chi connectivity index (χ2n) is 10.6. The molecule has 2 aliphatic carbocycles. The molecule has 2 unspecified atom stereocenters. The molecule has 1 aliphatic heterocycles. The van der Waals surface area contributed by atoms with Crippen molar-refractivity contribution in [3.05, 3.63) is 47.5 Å². The van der Waals surface area contributed by atoms with Crippen molar-refractivity contribution in [3.63, 3.8) is 0 Å². The standard InChI is InChI=1S/C24H34N2O2.C4H6O4/c1-17(2)9-8-14-26-15-20-21(16-26)22(20)25-23(27)24(28,19-12-6-7-13-19)18-10-4-3-5-11-18;5-3(6)1-2-4(7)8/h3-5,9-11,19-22,28H,6-8,12-16H2,1-2H3,(H,25,27);1-2H2,(H,5,6)(H,7,8)/t20?,21?,22?,24-;/m0./s1. The number of aliphatic hydroxyl groups is 1. The number of benzene rings is 1. The molecular formula is C28H40N2O6. The van der Waals surface area contributed by atoms with E-state index in [2.05, 4.69) is 30.1 Å². The van der Waals surface area contributed by atoms with Crippen molar-refractivity contribution in [2.24, 2.45) is 17.8 Å². The summed E-state index contributed by atoms with van der Waals surface area (Å²) < 4.78 is 0. The first-order valence-electron chi connectivity index (χ1n) is 13.0. The van der Waals surface area contributed by atoms with Crippen LogP contribution >= 0.6 is 0 Å². The van der Waals surface area contributed by atoms with Crippen molar-refractivity contribution in [2.75, 3.05) is 19.6 Å². The Bertz CT molecular complexity index is 913. The lowest BCUT2D eigenvalue weighted by Crippen LogP contribution is -2.51. The molecule has 1 heterocycles. The molecule has 8 heteroatoms. The molecule has 1 aromatic carbocycles. The molecule has 4 N–H and O–H groups in total. The van der Waals surface area contributed by atoms with Crippen molar-refractivity contribution in [2.45, 2.75) is 70.4 Å². The summed E-state index contributed by atoms with van der Waals surface area (Å²) in [5, 5.41) is 30.6. The van der Waals surface area contributed by atoms with E-state index in [0.29, 0.717) is 11.8 Å². The van der Waals surface area contributed by atoms with Crippen LogP contribution in [-0.4, -0.2) is 63.7 Å². The number of aliphatic carboxylic acids is 2. The van der Waals surface area contributed by atoms with E-state index < -0.39 is 17.5 Å². The highest BCUT2D eigenvalue weighted by molar-refractivity contribution is 5.87. The first-order chi connectivity index (χ1) is 17.1. The van der Waals surface area contributed by atoms with E-state index in [1.54, 1.807) is 0 Å². The van der Waals surface area contributed by atoms with Crippen LogP contribution in [0.2, 0.25) is 0 Å². The summed E-state index contributed by atoms with van der Waals surface area (Å²) in [5.74, 6) is -1.20. The van der Waals surface area contributed by atoms with Gasteiger partial charge in [0.05, 0.1) is 12.8 Å². The van der Waals surface area contributed by atoms with Gasteiger partial charge in [-0.1, -0.05) is 54.8 Å². The smallest absolute Gasteiger partial charge is 0.303 e. The van der Waals surface area contributed by atoms with Gasteiger partial charge in [-0.3, -0.25) is 14.4 Å². The summed E-state index contributed by atoms with van der Waals surface area (Å²) in [6, 6.07) is 9.81. The zero-order chi connectivity index (χ0) is 26.3. The summed E-state index contributed by atoms with van der Waals surface area (Å²) in [6.07, 6.45) is 6.86. The van der Waals surface area contributed by atoms with Gasteiger partial charge >= 0.3 is 11.9 Å². The Balaban J connectivity index is 0.000000392. The zero-order valence-corrected chi connectivity index (χ0v) is 21.4. The monoisotopic (exact) mass is 500 g/mol. The van der Waals surface area contributed by atoms with Crippen LogP contribution in [0.5, 0.6) is 0 Å². The van der Waals surface area contributed by atoms with Crippen molar-refractivity contribution in [3.8, 4) is 0 Å². The van der Waals surface area contributed by atoms with E-state index in [-0.39, 0.29) is 30.7 Å². The zero-order valence-electron chi connectivity index (χ0n) is 21.4. The van der Waals surface area contributed by atoms with Crippen molar-refractivity contribution in [1.29, 1.82) is 0 Å². The van der Waals surface area contributed by atoms with E-state index in [4.69, 9.17) is 10.2 Å². The molecule has 0 aromatic heterocycles. The van der Waals surface area contributed by atoms with E-state index in [1.807, 2.05) is 30.3 Å². The van der Waals surface area contributed by atoms with Crippen LogP contribution < -0.4 is 5.32 Å². The molecule has 1 amide bonds. The lowest BCUT2D eigenvalue weighted by Gasteiger charge is -2.33. The molecule has 8 nitrogen and oxygen atoms in total. The average molecular weight is 501 g/mol. The van der Waals surface area contributed by atoms with Crippen LogP contribution in [-0.2, 0) is 20.0 Å². The summed E-state index contributed by atoms with van der Waals surface area (Å²) >= 11 is 0. The number of carboxylic acid groups (broad SMARTS) is 2. The highest BCUT2D eigenvalue weighted by atomic mass is 16.4. The number of carboxylic acids is 2. The highest BCUT2D eigenvalue weighted by Crippen LogP contribution is 2.47. The minimum absolute atomic E-state index is 0.0223. The molecule has 36 heavy (non-hydrogen) atoms. The van der Waals surface area contributed by atoms with Gasteiger partial charge in [0.25, 0.3) is 5.91 Å². The van der Waals surface area contributed by atoms with E-state index in [9.17, 15) is 19.5 Å². The maximum absolute atomic E-state index is 13.3. The average Bonchev–Trinajstić information content (AvgIpc) is 3.25. The molecule has 1 aromatic rings. The Morgan fingerprint density at radius 2 is 1.56 bits per heavy atom. The maximum atomic E-state index is 13.3. The Hall–Kier alpha value is -2.71. The number of nitrogens with one attached hydrogen (secondary N) is 1. The summed E-state index contributed by atoms with van der Waals surface area (Å²) in [7, 11) is 0. The highest BCUT2D eigenvalue weighted by Gasteiger charge is 2.58. The fourth-order valence-corrected chi connectivity index (χ4v) is 5.61. The Kier molecular flexibility index (Phi) is 9.68. The predicted octanol–water partition coefficient (Wildman–Crippen LogP) is 3.40. The second-order valence-corrected chi connectivity index (χ2v) is 10.6. The van der Waals surface area contributed by atoms with Crippen molar-refractivity contribution >= 4 is 17.8 Å². The van der Waals surface area contributed by atoms with Gasteiger partial charge < -0.3 is 25.5 Å². The number of hydrogen-bond acceptors (Lipinski definition) is 5. The molecule has 1 saturated heterocycles. The Morgan fingerprint density at radius 3 is 2.06 bits per heavy atom. The van der Waals surface area contributed by atoms with Crippen molar-refractivity contribution in [1.82, 2.24) is 10.2 Å². The molecule has 3 fully saturated rings. The van der Waals surface area contributed by atoms with Gasteiger partial charge in [-0.05, 0) is 50.5 Å². The SMILES string of the molecule is CC(C)=CCCN1CC2C(C1)C2NC(=O)[C@](O)(c1ccccc1)C1CCCC1.O=C(O)CCC(=O)O. The minimum Gasteiger partial charge on any atom is -0.481 e. The number of fused-ring (bicyclic) bond motifs is 1. The summed E-state index contributed by atoms with van der Waals surface area (Å²) in [5.41, 5.74) is 0.729. The number of allylic oxidation sites excluding steroid dienone is 1. The molecular weight excluding hydrogens is 460 g/mol. The number of hydrogen-bond donors (Lipinski definition) is 4. The fraction of sp³-hybridized carbons (Fsp3) is 0.607. The third-order valence-electron chi connectivity index (χ3n) is 7.62. The van der Waals surface area contributed by atoms with Gasteiger partial charge in [0.15, 0.2) is 5.60 Å². The van der Waals surface area contributed by atoms with Crippen LogP contribution in [0.1, 0.15) is 64.4 Å². The van der Waals surface area contributed by atoms with Crippen LogP contribution in [0.25, 0.3) is 0 Å². The first-order valence-corrected chi connectivity index (χ1v) is 13.0. The first kappa shape index (κ1) is 27.9. The molecule has 198 valence electrons. The van der Waals surface area contributed by atoms with Crippen LogP contribution in [0, 0.1) is 17.8 Å². The fourth-order valence-electron chi connectivity index (χ4n) is 5.61. The van der Waals surface area contributed by atoms with Gasteiger partial charge in [-0.25, -0.2) is 0 Å². The minimum atomic E-state index is -1.39. The topological polar surface area (TPSA) is 127 Å². The Labute approximate surface area is 213 Å². The van der Waals surface area contributed by atoms with Crippen LogP contribution in [0.15, 0.2) is 42.0 Å². The van der Waals surface area contributed by atoms with Gasteiger partial charge in [0.1, 0.15) is 0 Å². The number of carbonyl (C=O) groups is 3. The van der Waals surface area contributed by atoms with E-state index >= 15 is 0 Å². The molecule has 3 atom stereocenters. The second kappa shape index (κ2) is 12.5. The van der Waals surface area contributed by atoms with Crippen LogP contribution in [0.4, 0.5) is 0 Å².